The van der Waals surface area contributed by atoms with Crippen molar-refractivity contribution >= 4 is 0 Å². The molecular formula is C14H22O3. The van der Waals surface area contributed by atoms with Gasteiger partial charge in [-0.3, -0.25) is 0 Å². The van der Waals surface area contributed by atoms with Crippen LogP contribution in [-0.2, 0) is 5.41 Å². The lowest BCUT2D eigenvalue weighted by molar-refractivity contribution is 0.268. The largest absolute Gasteiger partial charge is 0.504 e. The molecule has 17 heavy (non-hydrogen) atoms. The zero-order chi connectivity index (χ0) is 13.2. The SMILES string of the molecule is COc1c(O)cc(C(C)(C)C)cc1C(C)CO. The van der Waals surface area contributed by atoms with E-state index in [4.69, 9.17) is 4.74 Å². The maximum Gasteiger partial charge on any atom is 0.164 e. The highest BCUT2D eigenvalue weighted by Gasteiger charge is 2.21. The fourth-order valence-corrected chi connectivity index (χ4v) is 1.76. The number of aliphatic hydroxyl groups excluding tert-OH is 1. The van der Waals surface area contributed by atoms with Crippen LogP contribution >= 0.6 is 0 Å². The Morgan fingerprint density at radius 3 is 2.29 bits per heavy atom. The number of methoxy groups -OCH3 is 1. The second-order valence-electron chi connectivity index (χ2n) is 5.45. The summed E-state index contributed by atoms with van der Waals surface area (Å²) in [4.78, 5) is 0. The third-order valence-electron chi connectivity index (χ3n) is 2.97. The first-order valence-corrected chi connectivity index (χ1v) is 5.83. The molecular weight excluding hydrogens is 216 g/mol. The van der Waals surface area contributed by atoms with Gasteiger partial charge in [0.25, 0.3) is 0 Å². The molecule has 1 unspecified atom stereocenters. The molecule has 3 nitrogen and oxygen atoms in total. The highest BCUT2D eigenvalue weighted by molar-refractivity contribution is 5.51. The van der Waals surface area contributed by atoms with Gasteiger partial charge in [0.05, 0.1) is 7.11 Å². The van der Waals surface area contributed by atoms with Gasteiger partial charge in [0.2, 0.25) is 0 Å². The molecule has 96 valence electrons. The van der Waals surface area contributed by atoms with Crippen molar-refractivity contribution in [3.8, 4) is 11.5 Å². The van der Waals surface area contributed by atoms with E-state index in [0.29, 0.717) is 5.75 Å². The number of hydrogen-bond acceptors (Lipinski definition) is 3. The number of aliphatic hydroxyl groups is 1. The van der Waals surface area contributed by atoms with Crippen molar-refractivity contribution < 1.29 is 14.9 Å². The smallest absolute Gasteiger partial charge is 0.164 e. The van der Waals surface area contributed by atoms with E-state index in [2.05, 4.69) is 20.8 Å². The van der Waals surface area contributed by atoms with E-state index in [9.17, 15) is 10.2 Å². The zero-order valence-corrected chi connectivity index (χ0v) is 11.2. The Labute approximate surface area is 103 Å². The molecule has 0 bridgehead atoms. The minimum atomic E-state index is -0.0573. The molecule has 1 rings (SSSR count). The van der Waals surface area contributed by atoms with E-state index in [0.717, 1.165) is 11.1 Å². The number of phenols is 1. The van der Waals surface area contributed by atoms with E-state index in [1.165, 1.54) is 7.11 Å². The minimum absolute atomic E-state index is 0.0311. The third kappa shape index (κ3) is 2.91. The van der Waals surface area contributed by atoms with Crippen molar-refractivity contribution in [1.29, 1.82) is 0 Å². The Kier molecular flexibility index (Phi) is 4.04. The fourth-order valence-electron chi connectivity index (χ4n) is 1.76. The number of phenolic OH excluding ortho intramolecular Hbond substituents is 1. The average Bonchev–Trinajstić information content (AvgIpc) is 2.25. The highest BCUT2D eigenvalue weighted by atomic mass is 16.5. The Hall–Kier alpha value is -1.22. The van der Waals surface area contributed by atoms with E-state index < -0.39 is 0 Å². The van der Waals surface area contributed by atoms with Gasteiger partial charge < -0.3 is 14.9 Å². The summed E-state index contributed by atoms with van der Waals surface area (Å²) in [5.41, 5.74) is 1.83. The second kappa shape index (κ2) is 4.96. The quantitative estimate of drug-likeness (QED) is 0.851. The van der Waals surface area contributed by atoms with E-state index in [1.54, 1.807) is 6.07 Å². The van der Waals surface area contributed by atoms with Crippen molar-refractivity contribution in [1.82, 2.24) is 0 Å². The van der Waals surface area contributed by atoms with Gasteiger partial charge in [-0.25, -0.2) is 0 Å². The van der Waals surface area contributed by atoms with Crippen molar-refractivity contribution in [2.24, 2.45) is 0 Å². The van der Waals surface area contributed by atoms with Crippen LogP contribution in [0.5, 0.6) is 11.5 Å². The molecule has 0 radical (unpaired) electrons. The lowest BCUT2D eigenvalue weighted by Gasteiger charge is -2.23. The number of ether oxygens (including phenoxy) is 1. The van der Waals surface area contributed by atoms with Gasteiger partial charge in [-0.15, -0.1) is 0 Å². The number of aromatic hydroxyl groups is 1. The molecule has 1 aromatic rings. The van der Waals surface area contributed by atoms with Crippen LogP contribution in [0.2, 0.25) is 0 Å². The highest BCUT2D eigenvalue weighted by Crippen LogP contribution is 2.39. The molecule has 0 heterocycles. The normalized spacial score (nSPS) is 13.5. The van der Waals surface area contributed by atoms with Gasteiger partial charge >= 0.3 is 0 Å². The van der Waals surface area contributed by atoms with E-state index >= 15 is 0 Å². The molecule has 0 aliphatic heterocycles. The topological polar surface area (TPSA) is 49.7 Å². The van der Waals surface area contributed by atoms with Crippen molar-refractivity contribution in [3.05, 3.63) is 23.3 Å². The van der Waals surface area contributed by atoms with Gasteiger partial charge in [0, 0.05) is 18.1 Å². The maximum atomic E-state index is 9.97. The lowest BCUT2D eigenvalue weighted by Crippen LogP contribution is -2.13. The van der Waals surface area contributed by atoms with Crippen LogP contribution in [0.1, 0.15) is 44.7 Å². The summed E-state index contributed by atoms with van der Waals surface area (Å²) >= 11 is 0. The third-order valence-corrected chi connectivity index (χ3v) is 2.97. The summed E-state index contributed by atoms with van der Waals surface area (Å²) in [6.07, 6.45) is 0. The lowest BCUT2D eigenvalue weighted by atomic mass is 9.84. The molecule has 0 fully saturated rings. The van der Waals surface area contributed by atoms with Crippen molar-refractivity contribution in [3.63, 3.8) is 0 Å². The first-order chi connectivity index (χ1) is 7.81. The van der Waals surface area contributed by atoms with Crippen LogP contribution < -0.4 is 4.74 Å². The first-order valence-electron chi connectivity index (χ1n) is 5.83. The molecule has 1 aromatic carbocycles. The van der Waals surface area contributed by atoms with E-state index in [-0.39, 0.29) is 23.7 Å². The minimum Gasteiger partial charge on any atom is -0.504 e. The number of hydrogen-bond donors (Lipinski definition) is 2. The number of benzene rings is 1. The maximum absolute atomic E-state index is 9.97. The Morgan fingerprint density at radius 2 is 1.88 bits per heavy atom. The molecule has 0 saturated carbocycles. The summed E-state index contributed by atoms with van der Waals surface area (Å²) in [6.45, 7) is 8.19. The second-order valence-corrected chi connectivity index (χ2v) is 5.45. The Balaban J connectivity index is 3.39. The van der Waals surface area contributed by atoms with Gasteiger partial charge in [-0.2, -0.15) is 0 Å². The molecule has 0 aliphatic rings. The standard InChI is InChI=1S/C14H22O3/c1-9(8-15)11-6-10(14(2,3)4)7-12(16)13(11)17-5/h6-7,9,15-16H,8H2,1-5H3. The molecule has 0 aliphatic carbocycles. The van der Waals surface area contributed by atoms with Crippen LogP contribution in [0, 0.1) is 0 Å². The molecule has 1 atom stereocenters. The summed E-state index contributed by atoms with van der Waals surface area (Å²) in [5, 5.41) is 19.2. The van der Waals surface area contributed by atoms with Gasteiger partial charge in [0.15, 0.2) is 11.5 Å². The molecule has 3 heteroatoms. The van der Waals surface area contributed by atoms with Crippen LogP contribution in [0.25, 0.3) is 0 Å². The van der Waals surface area contributed by atoms with E-state index in [1.807, 2.05) is 13.0 Å². The monoisotopic (exact) mass is 238 g/mol. The summed E-state index contributed by atoms with van der Waals surface area (Å²) in [5.74, 6) is 0.535. The molecule has 0 spiro atoms. The average molecular weight is 238 g/mol. The Bertz CT molecular complexity index is 391. The first kappa shape index (κ1) is 13.8. The molecule has 0 aromatic heterocycles. The molecule has 0 amide bonds. The summed E-state index contributed by atoms with van der Waals surface area (Å²) < 4.78 is 5.21. The predicted octanol–water partition coefficient (Wildman–Crippen LogP) is 2.79. The van der Waals surface area contributed by atoms with Gasteiger partial charge in [0.1, 0.15) is 0 Å². The predicted molar refractivity (Wildman–Crippen MR) is 68.9 cm³/mol. The molecule has 0 saturated heterocycles. The Morgan fingerprint density at radius 1 is 1.29 bits per heavy atom. The summed E-state index contributed by atoms with van der Waals surface area (Å²) in [6, 6.07) is 3.73. The van der Waals surface area contributed by atoms with Crippen LogP contribution in [0.15, 0.2) is 12.1 Å². The summed E-state index contributed by atoms with van der Waals surface area (Å²) in [7, 11) is 1.53. The number of rotatable bonds is 3. The molecule has 2 N–H and O–H groups in total. The van der Waals surface area contributed by atoms with Crippen molar-refractivity contribution in [2.75, 3.05) is 13.7 Å². The van der Waals surface area contributed by atoms with Gasteiger partial charge in [-0.1, -0.05) is 33.8 Å². The van der Waals surface area contributed by atoms with Crippen LogP contribution in [0.3, 0.4) is 0 Å². The van der Waals surface area contributed by atoms with Crippen LogP contribution in [-0.4, -0.2) is 23.9 Å². The van der Waals surface area contributed by atoms with Gasteiger partial charge in [-0.05, 0) is 17.0 Å². The van der Waals surface area contributed by atoms with Crippen molar-refractivity contribution in [2.45, 2.75) is 39.0 Å². The van der Waals surface area contributed by atoms with Crippen LogP contribution in [0.4, 0.5) is 0 Å². The fraction of sp³-hybridized carbons (Fsp3) is 0.571. The zero-order valence-electron chi connectivity index (χ0n) is 11.2.